The zero-order valence-electron chi connectivity index (χ0n) is 9.01. The third-order valence-electron chi connectivity index (χ3n) is 2.05. The van der Waals surface area contributed by atoms with Crippen molar-refractivity contribution in [2.45, 2.75) is 0 Å². The van der Waals surface area contributed by atoms with Gasteiger partial charge in [0.15, 0.2) is 0 Å². The van der Waals surface area contributed by atoms with Crippen LogP contribution in [-0.2, 0) is 4.79 Å². The molecule has 0 aliphatic heterocycles. The number of rotatable bonds is 4. The Hall–Kier alpha value is -1.92. The molecule has 2 N–H and O–H groups in total. The van der Waals surface area contributed by atoms with Gasteiger partial charge in [-0.3, -0.25) is 9.59 Å². The summed E-state index contributed by atoms with van der Waals surface area (Å²) in [6.07, 6.45) is 1.97. The minimum Gasteiger partial charge on any atom is -0.327 e. The maximum atomic E-state index is 11.9. The van der Waals surface area contributed by atoms with Crippen molar-refractivity contribution in [3.63, 3.8) is 0 Å². The molecule has 0 aromatic carbocycles. The molecule has 0 aliphatic rings. The van der Waals surface area contributed by atoms with Crippen molar-refractivity contribution in [3.8, 4) is 0 Å². The topological polar surface area (TPSA) is 71.1 Å². The zero-order valence-corrected chi connectivity index (χ0v) is 10.6. The summed E-state index contributed by atoms with van der Waals surface area (Å²) in [7, 11) is 0. The fourth-order valence-electron chi connectivity index (χ4n) is 1.29. The lowest BCUT2D eigenvalue weighted by Crippen LogP contribution is -2.13. The molecule has 0 atom stereocenters. The van der Waals surface area contributed by atoms with E-state index in [0.717, 1.165) is 0 Å². The van der Waals surface area contributed by atoms with Gasteiger partial charge in [0.05, 0.1) is 10.7 Å². The van der Waals surface area contributed by atoms with Crippen LogP contribution < -0.4 is 10.6 Å². The number of pyridine rings is 1. The summed E-state index contributed by atoms with van der Waals surface area (Å²) in [5.74, 6) is 0.0685. The van der Waals surface area contributed by atoms with Crippen molar-refractivity contribution >= 4 is 46.8 Å². The second-order valence-corrected chi connectivity index (χ2v) is 4.59. The molecule has 2 amide bonds. The Morgan fingerprint density at radius 1 is 1.39 bits per heavy atom. The summed E-state index contributed by atoms with van der Waals surface area (Å²) in [5, 5.41) is 7.29. The molecule has 0 saturated heterocycles. The normalized spacial score (nSPS) is 9.83. The van der Waals surface area contributed by atoms with Crippen LogP contribution in [0.3, 0.4) is 0 Å². The summed E-state index contributed by atoms with van der Waals surface area (Å²) in [6.45, 7) is 0. The van der Waals surface area contributed by atoms with E-state index >= 15 is 0 Å². The first kappa shape index (κ1) is 12.5. The molecule has 0 bridgehead atoms. The van der Waals surface area contributed by atoms with E-state index in [9.17, 15) is 9.59 Å². The highest BCUT2D eigenvalue weighted by Gasteiger charge is 2.13. The molecule has 92 valence electrons. The van der Waals surface area contributed by atoms with Gasteiger partial charge in [-0.2, -0.15) is 0 Å². The van der Waals surface area contributed by atoms with Gasteiger partial charge in [-0.05, 0) is 23.6 Å². The Morgan fingerprint density at radius 3 is 2.89 bits per heavy atom. The maximum absolute atomic E-state index is 11.9. The van der Waals surface area contributed by atoms with Crippen LogP contribution in [0.15, 0.2) is 29.8 Å². The van der Waals surface area contributed by atoms with E-state index < -0.39 is 0 Å². The number of halogens is 1. The van der Waals surface area contributed by atoms with Gasteiger partial charge in [0.25, 0.3) is 5.91 Å². The molecule has 0 aliphatic carbocycles. The van der Waals surface area contributed by atoms with Crippen LogP contribution in [0.2, 0.25) is 5.02 Å². The number of hydrogen-bond donors (Lipinski definition) is 2. The van der Waals surface area contributed by atoms with Crippen molar-refractivity contribution in [1.29, 1.82) is 0 Å². The van der Waals surface area contributed by atoms with E-state index in [4.69, 9.17) is 11.6 Å². The highest BCUT2D eigenvalue weighted by Crippen LogP contribution is 2.22. The number of nitrogens with one attached hydrogen (secondary N) is 2. The van der Waals surface area contributed by atoms with Crippen LogP contribution in [0, 0.1) is 0 Å². The van der Waals surface area contributed by atoms with Gasteiger partial charge in [-0.1, -0.05) is 11.6 Å². The smallest absolute Gasteiger partial charge is 0.269 e. The van der Waals surface area contributed by atoms with Crippen molar-refractivity contribution in [1.82, 2.24) is 4.98 Å². The fourth-order valence-corrected chi connectivity index (χ4v) is 2.15. The van der Waals surface area contributed by atoms with Crippen LogP contribution in [0.1, 0.15) is 9.67 Å². The Labute approximate surface area is 112 Å². The lowest BCUT2D eigenvalue weighted by Gasteiger charge is -2.04. The average molecular weight is 282 g/mol. The zero-order chi connectivity index (χ0) is 13.0. The highest BCUT2D eigenvalue weighted by atomic mass is 35.5. The first-order valence-corrected chi connectivity index (χ1v) is 6.17. The number of aromatic nitrogens is 1. The average Bonchev–Trinajstić information content (AvgIpc) is 2.81. The summed E-state index contributed by atoms with van der Waals surface area (Å²) in [6, 6.07) is 4.88. The van der Waals surface area contributed by atoms with Gasteiger partial charge in [0.1, 0.15) is 10.7 Å². The number of carbonyl (C=O) groups is 2. The van der Waals surface area contributed by atoms with E-state index in [0.29, 0.717) is 27.8 Å². The van der Waals surface area contributed by atoms with Gasteiger partial charge in [-0.25, -0.2) is 4.98 Å². The first-order valence-electron chi connectivity index (χ1n) is 4.91. The molecule has 0 saturated carbocycles. The molecular weight excluding hydrogens is 274 g/mol. The monoisotopic (exact) mass is 281 g/mol. The second-order valence-electron chi connectivity index (χ2n) is 3.24. The van der Waals surface area contributed by atoms with E-state index in [2.05, 4.69) is 15.6 Å². The van der Waals surface area contributed by atoms with E-state index in [1.807, 2.05) is 0 Å². The summed E-state index contributed by atoms with van der Waals surface area (Å²) >= 11 is 6.92. The van der Waals surface area contributed by atoms with Crippen LogP contribution in [-0.4, -0.2) is 17.3 Å². The standard InChI is InChI=1S/C11H8ClN3O2S/c12-7-1-2-9(13-5-7)15-11(17)10-8(14-6-16)3-4-18-10/h1-6H,(H,14,16)(H,13,15,17). The van der Waals surface area contributed by atoms with Gasteiger partial charge < -0.3 is 10.6 Å². The Bertz CT molecular complexity index is 568. The minimum atomic E-state index is -0.329. The molecule has 0 radical (unpaired) electrons. The van der Waals surface area contributed by atoms with Crippen LogP contribution in [0.5, 0.6) is 0 Å². The molecule has 2 heterocycles. The molecule has 7 heteroatoms. The van der Waals surface area contributed by atoms with Gasteiger partial charge in [0, 0.05) is 6.20 Å². The molecular formula is C11H8ClN3O2S. The SMILES string of the molecule is O=CNc1ccsc1C(=O)Nc1ccc(Cl)cn1. The van der Waals surface area contributed by atoms with Gasteiger partial charge in [-0.15, -0.1) is 11.3 Å². The van der Waals surface area contributed by atoms with E-state index in [-0.39, 0.29) is 5.91 Å². The number of amides is 2. The van der Waals surface area contributed by atoms with Gasteiger partial charge >= 0.3 is 0 Å². The van der Waals surface area contributed by atoms with Crippen LogP contribution in [0.4, 0.5) is 11.5 Å². The minimum absolute atomic E-state index is 0.329. The van der Waals surface area contributed by atoms with Crippen molar-refractivity contribution in [3.05, 3.63) is 39.7 Å². The predicted molar refractivity (Wildman–Crippen MR) is 71.2 cm³/mol. The van der Waals surface area contributed by atoms with Gasteiger partial charge in [0.2, 0.25) is 6.41 Å². The lowest BCUT2D eigenvalue weighted by molar-refractivity contribution is -0.105. The largest absolute Gasteiger partial charge is 0.327 e. The molecule has 5 nitrogen and oxygen atoms in total. The number of carbonyl (C=O) groups excluding carboxylic acids is 2. The Balaban J connectivity index is 2.14. The van der Waals surface area contributed by atoms with E-state index in [1.54, 1.807) is 23.6 Å². The maximum Gasteiger partial charge on any atom is 0.269 e. The van der Waals surface area contributed by atoms with Crippen molar-refractivity contribution < 1.29 is 9.59 Å². The molecule has 2 aromatic heterocycles. The fraction of sp³-hybridized carbons (Fsp3) is 0. The molecule has 2 aromatic rings. The molecule has 0 unspecified atom stereocenters. The van der Waals surface area contributed by atoms with E-state index in [1.165, 1.54) is 17.5 Å². The van der Waals surface area contributed by atoms with Crippen molar-refractivity contribution in [2.24, 2.45) is 0 Å². The Morgan fingerprint density at radius 2 is 2.22 bits per heavy atom. The molecule has 18 heavy (non-hydrogen) atoms. The summed E-state index contributed by atoms with van der Waals surface area (Å²) in [5.41, 5.74) is 0.474. The number of hydrogen-bond acceptors (Lipinski definition) is 4. The number of nitrogens with zero attached hydrogens (tertiary/aromatic N) is 1. The lowest BCUT2D eigenvalue weighted by atomic mass is 10.3. The predicted octanol–water partition coefficient (Wildman–Crippen LogP) is 2.62. The first-order chi connectivity index (χ1) is 8.70. The second kappa shape index (κ2) is 5.61. The van der Waals surface area contributed by atoms with Crippen molar-refractivity contribution in [2.75, 3.05) is 10.6 Å². The quantitative estimate of drug-likeness (QED) is 0.846. The van der Waals surface area contributed by atoms with Crippen LogP contribution >= 0.6 is 22.9 Å². The molecule has 0 fully saturated rings. The summed E-state index contributed by atoms with van der Waals surface area (Å²) < 4.78 is 0. The Kier molecular flexibility index (Phi) is 3.91. The third-order valence-corrected chi connectivity index (χ3v) is 3.19. The number of anilines is 2. The van der Waals surface area contributed by atoms with Crippen LogP contribution in [0.25, 0.3) is 0 Å². The molecule has 0 spiro atoms. The third kappa shape index (κ3) is 2.85. The molecule has 2 rings (SSSR count). The highest BCUT2D eigenvalue weighted by molar-refractivity contribution is 7.12. The number of thiophene rings is 1. The summed E-state index contributed by atoms with van der Waals surface area (Å²) in [4.78, 5) is 26.7.